The van der Waals surface area contributed by atoms with Crippen LogP contribution in [0.3, 0.4) is 0 Å². The lowest BCUT2D eigenvalue weighted by Crippen LogP contribution is -2.34. The van der Waals surface area contributed by atoms with E-state index in [1.165, 1.54) is 0 Å². The van der Waals surface area contributed by atoms with E-state index >= 15 is 0 Å². The predicted molar refractivity (Wildman–Crippen MR) is 95.9 cm³/mol. The molecule has 4 nitrogen and oxygen atoms in total. The number of hydrogen-bond donors (Lipinski definition) is 2. The lowest BCUT2D eigenvalue weighted by molar-refractivity contribution is 0.0714. The first-order valence-electron chi connectivity index (χ1n) is 8.34. The number of aliphatic hydroxyl groups is 1. The van der Waals surface area contributed by atoms with E-state index in [1.807, 2.05) is 43.3 Å². The first-order valence-corrected chi connectivity index (χ1v) is 8.34. The molecule has 4 heteroatoms. The Hall–Kier alpha value is -2.20. The molecule has 0 spiro atoms. The first-order chi connectivity index (χ1) is 11.3. The van der Waals surface area contributed by atoms with Gasteiger partial charge in [0.05, 0.1) is 5.60 Å². The molecule has 1 amide bonds. The highest BCUT2D eigenvalue weighted by Crippen LogP contribution is 2.14. The number of pyridine rings is 1. The van der Waals surface area contributed by atoms with Crippen molar-refractivity contribution in [1.29, 1.82) is 0 Å². The van der Waals surface area contributed by atoms with E-state index in [1.54, 1.807) is 26.2 Å². The number of hydrogen-bond acceptors (Lipinski definition) is 3. The fraction of sp³-hybridized carbons (Fsp3) is 0.400. The minimum Gasteiger partial charge on any atom is -0.390 e. The van der Waals surface area contributed by atoms with Gasteiger partial charge in [-0.15, -0.1) is 0 Å². The van der Waals surface area contributed by atoms with E-state index < -0.39 is 5.60 Å². The molecule has 0 saturated carbocycles. The zero-order valence-electron chi connectivity index (χ0n) is 14.6. The second kappa shape index (κ2) is 8.06. The van der Waals surface area contributed by atoms with Gasteiger partial charge in [0.25, 0.3) is 5.91 Å². The molecule has 1 unspecified atom stereocenters. The minimum absolute atomic E-state index is 0.0416. The van der Waals surface area contributed by atoms with E-state index in [-0.39, 0.29) is 11.9 Å². The third-order valence-electron chi connectivity index (χ3n) is 3.88. The Kier molecular flexibility index (Phi) is 6.10. The Balaban J connectivity index is 1.94. The van der Waals surface area contributed by atoms with Gasteiger partial charge in [-0.05, 0) is 75.4 Å². The summed E-state index contributed by atoms with van der Waals surface area (Å²) < 4.78 is 0. The number of carbonyl (C=O) groups is 1. The number of amides is 1. The molecule has 0 fully saturated rings. The Morgan fingerprint density at radius 2 is 1.92 bits per heavy atom. The number of aromatic nitrogens is 1. The van der Waals surface area contributed by atoms with Crippen LogP contribution in [0, 0.1) is 0 Å². The van der Waals surface area contributed by atoms with Crippen LogP contribution in [0.4, 0.5) is 0 Å². The molecule has 0 aliphatic rings. The molecule has 1 aromatic carbocycles. The maximum absolute atomic E-state index is 12.4. The van der Waals surface area contributed by atoms with Crippen molar-refractivity contribution in [1.82, 2.24) is 10.3 Å². The predicted octanol–water partition coefficient (Wildman–Crippen LogP) is 3.15. The first kappa shape index (κ1) is 18.1. The number of nitrogens with zero attached hydrogens (tertiary/aromatic N) is 1. The second-order valence-corrected chi connectivity index (χ2v) is 6.95. The Labute approximate surface area is 143 Å². The van der Waals surface area contributed by atoms with Crippen molar-refractivity contribution < 1.29 is 9.90 Å². The van der Waals surface area contributed by atoms with Crippen LogP contribution < -0.4 is 5.32 Å². The van der Waals surface area contributed by atoms with Gasteiger partial charge >= 0.3 is 0 Å². The largest absolute Gasteiger partial charge is 0.390 e. The number of aryl methyl sites for hydroxylation is 1. The molecule has 2 aromatic rings. The maximum atomic E-state index is 12.4. The molecule has 128 valence electrons. The summed E-state index contributed by atoms with van der Waals surface area (Å²) in [6.07, 6.45) is 5.70. The molecule has 24 heavy (non-hydrogen) atoms. The maximum Gasteiger partial charge on any atom is 0.251 e. The Morgan fingerprint density at radius 1 is 1.21 bits per heavy atom. The molecular weight excluding hydrogens is 300 g/mol. The van der Waals surface area contributed by atoms with E-state index in [0.29, 0.717) is 12.0 Å². The lowest BCUT2D eigenvalue weighted by Gasteiger charge is -2.17. The molecule has 0 aliphatic carbocycles. The van der Waals surface area contributed by atoms with Crippen LogP contribution in [-0.4, -0.2) is 27.6 Å². The summed E-state index contributed by atoms with van der Waals surface area (Å²) in [5.41, 5.74) is 2.17. The number of benzene rings is 1. The molecule has 1 heterocycles. The number of carbonyl (C=O) groups excluding carboxylic acids is 1. The molecule has 0 bridgehead atoms. The number of nitrogens with one attached hydrogen (secondary N) is 1. The van der Waals surface area contributed by atoms with Gasteiger partial charge in [0.2, 0.25) is 0 Å². The summed E-state index contributed by atoms with van der Waals surface area (Å²) in [6.45, 7) is 5.59. The zero-order valence-corrected chi connectivity index (χ0v) is 14.6. The van der Waals surface area contributed by atoms with Gasteiger partial charge in [0.1, 0.15) is 0 Å². The van der Waals surface area contributed by atoms with Crippen LogP contribution in [0.15, 0.2) is 48.8 Å². The van der Waals surface area contributed by atoms with Crippen molar-refractivity contribution in [2.75, 3.05) is 0 Å². The minimum atomic E-state index is -0.697. The van der Waals surface area contributed by atoms with Crippen molar-refractivity contribution in [3.8, 4) is 0 Å². The normalized spacial score (nSPS) is 12.7. The van der Waals surface area contributed by atoms with Gasteiger partial charge in [-0.3, -0.25) is 9.78 Å². The quantitative estimate of drug-likeness (QED) is 0.821. The summed E-state index contributed by atoms with van der Waals surface area (Å²) in [6, 6.07) is 11.6. The van der Waals surface area contributed by atoms with Gasteiger partial charge in [-0.1, -0.05) is 12.1 Å². The molecule has 2 rings (SSSR count). The summed E-state index contributed by atoms with van der Waals surface area (Å²) in [5, 5.41) is 12.9. The van der Waals surface area contributed by atoms with E-state index in [0.717, 1.165) is 24.0 Å². The standard InChI is InChI=1S/C20H26N2O2/c1-15(13-17-8-11-21-12-9-17)22-19(23)18-6-4-5-16(14-18)7-10-20(2,3)24/h4-6,8-9,11-12,14-15,24H,7,10,13H2,1-3H3,(H,22,23). The highest BCUT2D eigenvalue weighted by Gasteiger charge is 2.14. The van der Waals surface area contributed by atoms with Crippen molar-refractivity contribution in [2.45, 2.75) is 51.7 Å². The van der Waals surface area contributed by atoms with Crippen LogP contribution in [-0.2, 0) is 12.8 Å². The van der Waals surface area contributed by atoms with Crippen molar-refractivity contribution >= 4 is 5.91 Å². The fourth-order valence-electron chi connectivity index (χ4n) is 2.55. The van der Waals surface area contributed by atoms with Crippen LogP contribution in [0.25, 0.3) is 0 Å². The monoisotopic (exact) mass is 326 g/mol. The van der Waals surface area contributed by atoms with Crippen LogP contribution >= 0.6 is 0 Å². The summed E-state index contributed by atoms with van der Waals surface area (Å²) >= 11 is 0. The van der Waals surface area contributed by atoms with Gasteiger partial charge in [-0.2, -0.15) is 0 Å². The molecular formula is C20H26N2O2. The fourth-order valence-corrected chi connectivity index (χ4v) is 2.55. The van der Waals surface area contributed by atoms with Crippen LogP contribution in [0.2, 0.25) is 0 Å². The van der Waals surface area contributed by atoms with Gasteiger partial charge in [0, 0.05) is 24.0 Å². The molecule has 0 radical (unpaired) electrons. The third kappa shape index (κ3) is 6.13. The van der Waals surface area contributed by atoms with Gasteiger partial charge in [0.15, 0.2) is 0 Å². The molecule has 0 saturated heterocycles. The van der Waals surface area contributed by atoms with Gasteiger partial charge < -0.3 is 10.4 Å². The van der Waals surface area contributed by atoms with Crippen LogP contribution in [0.5, 0.6) is 0 Å². The molecule has 1 aromatic heterocycles. The van der Waals surface area contributed by atoms with E-state index in [2.05, 4.69) is 10.3 Å². The number of rotatable bonds is 7. The molecule has 0 aliphatic heterocycles. The van der Waals surface area contributed by atoms with E-state index in [4.69, 9.17) is 0 Å². The lowest BCUT2D eigenvalue weighted by atomic mass is 9.97. The van der Waals surface area contributed by atoms with Crippen molar-refractivity contribution in [3.63, 3.8) is 0 Å². The van der Waals surface area contributed by atoms with Crippen LogP contribution in [0.1, 0.15) is 48.7 Å². The molecule has 1 atom stereocenters. The molecule has 2 N–H and O–H groups in total. The van der Waals surface area contributed by atoms with Crippen molar-refractivity contribution in [2.24, 2.45) is 0 Å². The summed E-state index contributed by atoms with van der Waals surface area (Å²) in [4.78, 5) is 16.4. The Morgan fingerprint density at radius 3 is 2.58 bits per heavy atom. The SMILES string of the molecule is CC(Cc1ccncc1)NC(=O)c1cccc(CCC(C)(C)O)c1. The highest BCUT2D eigenvalue weighted by molar-refractivity contribution is 5.94. The smallest absolute Gasteiger partial charge is 0.251 e. The Bertz CT molecular complexity index is 663. The third-order valence-corrected chi connectivity index (χ3v) is 3.88. The van der Waals surface area contributed by atoms with E-state index in [9.17, 15) is 9.90 Å². The zero-order chi connectivity index (χ0) is 17.6. The average molecular weight is 326 g/mol. The second-order valence-electron chi connectivity index (χ2n) is 6.95. The summed E-state index contributed by atoms with van der Waals surface area (Å²) in [5.74, 6) is -0.0679. The van der Waals surface area contributed by atoms with Crippen molar-refractivity contribution in [3.05, 3.63) is 65.5 Å². The summed E-state index contributed by atoms with van der Waals surface area (Å²) in [7, 11) is 0. The highest BCUT2D eigenvalue weighted by atomic mass is 16.3. The topological polar surface area (TPSA) is 62.2 Å². The average Bonchev–Trinajstić information content (AvgIpc) is 2.53. The van der Waals surface area contributed by atoms with Gasteiger partial charge in [-0.25, -0.2) is 0 Å².